The summed E-state index contributed by atoms with van der Waals surface area (Å²) >= 11 is 0. The molecule has 4 atom stereocenters. The van der Waals surface area contributed by atoms with Crippen LogP contribution in [0, 0.1) is 0 Å². The summed E-state index contributed by atoms with van der Waals surface area (Å²) in [4.78, 5) is 39.1. The number of aromatic nitrogens is 4. The average molecular weight is 363 g/mol. The predicted octanol–water partition coefficient (Wildman–Crippen LogP) is -2.57. The van der Waals surface area contributed by atoms with Crippen LogP contribution in [0.5, 0.6) is 0 Å². The topological polar surface area (TPSA) is 206 Å². The molecule has 7 N–H and O–H groups in total. The van der Waals surface area contributed by atoms with Gasteiger partial charge < -0.3 is 30.5 Å². The second kappa shape index (κ2) is 5.89. The number of phosphoric acid groups is 1. The first-order valence-electron chi connectivity index (χ1n) is 6.61. The van der Waals surface area contributed by atoms with E-state index in [0.29, 0.717) is 0 Å². The summed E-state index contributed by atoms with van der Waals surface area (Å²) in [7, 11) is -4.76. The molecule has 13 nitrogen and oxygen atoms in total. The van der Waals surface area contributed by atoms with E-state index in [9.17, 15) is 19.6 Å². The summed E-state index contributed by atoms with van der Waals surface area (Å²) in [5.74, 6) is -0.177. The lowest BCUT2D eigenvalue weighted by Gasteiger charge is -2.16. The summed E-state index contributed by atoms with van der Waals surface area (Å²) in [5, 5.41) is 20.1. The number of H-pyrrole nitrogens is 1. The predicted molar refractivity (Wildman–Crippen MR) is 76.5 cm³/mol. The number of hydrogen-bond acceptors (Lipinski definition) is 9. The Labute approximate surface area is 132 Å². The second-order valence-corrected chi connectivity index (χ2v) is 6.35. The molecule has 3 heterocycles. The minimum Gasteiger partial charge on any atom is -0.387 e. The Hall–Kier alpha value is -1.86. The lowest BCUT2D eigenvalue weighted by atomic mass is 10.1. The molecule has 1 saturated heterocycles. The van der Waals surface area contributed by atoms with E-state index in [0.717, 1.165) is 0 Å². The number of fused-ring (bicyclic) bond motifs is 1. The van der Waals surface area contributed by atoms with Gasteiger partial charge in [0.1, 0.15) is 18.3 Å². The Bertz CT molecular complexity index is 861. The van der Waals surface area contributed by atoms with Gasteiger partial charge in [-0.25, -0.2) is 9.55 Å². The van der Waals surface area contributed by atoms with Crippen LogP contribution in [-0.4, -0.2) is 64.4 Å². The van der Waals surface area contributed by atoms with Crippen molar-refractivity contribution < 1.29 is 33.8 Å². The van der Waals surface area contributed by atoms with Crippen LogP contribution in [-0.2, 0) is 13.8 Å². The zero-order chi connectivity index (χ0) is 17.6. The average Bonchev–Trinajstić information content (AvgIpc) is 3.00. The summed E-state index contributed by atoms with van der Waals surface area (Å²) in [6.07, 6.45) is -4.22. The molecule has 0 bridgehead atoms. The third-order valence-electron chi connectivity index (χ3n) is 3.47. The first kappa shape index (κ1) is 17.0. The molecule has 1 fully saturated rings. The summed E-state index contributed by atoms with van der Waals surface area (Å²) in [5.41, 5.74) is 4.84. The van der Waals surface area contributed by atoms with E-state index < -0.39 is 44.5 Å². The minimum atomic E-state index is -4.76. The van der Waals surface area contributed by atoms with E-state index in [1.807, 2.05) is 0 Å². The number of aromatic amines is 1. The molecule has 0 aliphatic carbocycles. The molecule has 0 amide bonds. The number of hydrogen-bond donors (Lipinski definition) is 6. The molecule has 1 aliphatic heterocycles. The fraction of sp³-hybridized carbons (Fsp3) is 0.500. The van der Waals surface area contributed by atoms with Crippen LogP contribution in [0.4, 0.5) is 5.95 Å². The maximum atomic E-state index is 11.7. The number of nitrogens with one attached hydrogen (secondary N) is 1. The number of aliphatic hydroxyl groups is 2. The fourth-order valence-corrected chi connectivity index (χ4v) is 2.74. The fourth-order valence-electron chi connectivity index (χ4n) is 2.40. The van der Waals surface area contributed by atoms with Gasteiger partial charge in [0.15, 0.2) is 17.4 Å². The van der Waals surface area contributed by atoms with E-state index in [2.05, 4.69) is 19.5 Å². The quantitative estimate of drug-likeness (QED) is 0.311. The van der Waals surface area contributed by atoms with Crippen LogP contribution in [0.2, 0.25) is 0 Å². The smallest absolute Gasteiger partial charge is 0.387 e. The molecular weight excluding hydrogens is 349 g/mol. The molecule has 132 valence electrons. The second-order valence-electron chi connectivity index (χ2n) is 5.11. The van der Waals surface area contributed by atoms with Crippen LogP contribution in [0.1, 0.15) is 6.23 Å². The SMILES string of the molecule is Nc1nc2c(ncn2C2OC(COP(=O)(O)O)[C@@H](O)[C@H]2O)c(=O)[nH]1. The van der Waals surface area contributed by atoms with Crippen molar-refractivity contribution >= 4 is 24.9 Å². The van der Waals surface area contributed by atoms with Crippen molar-refractivity contribution in [2.24, 2.45) is 0 Å². The Morgan fingerprint density at radius 2 is 2.12 bits per heavy atom. The van der Waals surface area contributed by atoms with E-state index in [1.165, 1.54) is 10.9 Å². The maximum absolute atomic E-state index is 11.7. The Balaban J connectivity index is 1.90. The van der Waals surface area contributed by atoms with Gasteiger partial charge in [0.25, 0.3) is 5.56 Å². The lowest BCUT2D eigenvalue weighted by molar-refractivity contribution is -0.0503. The molecule has 14 heteroatoms. The molecule has 2 aromatic heterocycles. The highest BCUT2D eigenvalue weighted by Gasteiger charge is 2.45. The number of nitrogens with two attached hydrogens (primary N) is 1. The normalized spacial score (nSPS) is 27.8. The van der Waals surface area contributed by atoms with Gasteiger partial charge in [-0.15, -0.1) is 0 Å². The summed E-state index contributed by atoms with van der Waals surface area (Å²) in [6, 6.07) is 0. The Morgan fingerprint density at radius 1 is 1.42 bits per heavy atom. The van der Waals surface area contributed by atoms with Crippen LogP contribution in [0.15, 0.2) is 11.1 Å². The zero-order valence-electron chi connectivity index (χ0n) is 11.9. The van der Waals surface area contributed by atoms with Crippen molar-refractivity contribution in [3.63, 3.8) is 0 Å². The van der Waals surface area contributed by atoms with Gasteiger partial charge in [0, 0.05) is 0 Å². The van der Waals surface area contributed by atoms with Crippen molar-refractivity contribution in [2.75, 3.05) is 12.3 Å². The van der Waals surface area contributed by atoms with E-state index >= 15 is 0 Å². The van der Waals surface area contributed by atoms with Crippen LogP contribution >= 0.6 is 7.82 Å². The number of aliphatic hydroxyl groups excluding tert-OH is 2. The first-order valence-corrected chi connectivity index (χ1v) is 8.14. The lowest BCUT2D eigenvalue weighted by Crippen LogP contribution is -2.33. The molecule has 0 radical (unpaired) electrons. The van der Waals surface area contributed by atoms with Crippen molar-refractivity contribution in [3.8, 4) is 0 Å². The highest BCUT2D eigenvalue weighted by Crippen LogP contribution is 2.38. The summed E-state index contributed by atoms with van der Waals surface area (Å²) < 4.78 is 21.6. The van der Waals surface area contributed by atoms with Crippen molar-refractivity contribution in [1.82, 2.24) is 19.5 Å². The molecule has 2 unspecified atom stereocenters. The molecule has 2 aromatic rings. The van der Waals surface area contributed by atoms with Crippen molar-refractivity contribution in [1.29, 1.82) is 0 Å². The zero-order valence-corrected chi connectivity index (χ0v) is 12.8. The number of phosphoric ester groups is 1. The number of nitrogen functional groups attached to an aromatic ring is 1. The number of rotatable bonds is 4. The third-order valence-corrected chi connectivity index (χ3v) is 3.95. The van der Waals surface area contributed by atoms with Crippen molar-refractivity contribution in [3.05, 3.63) is 16.7 Å². The van der Waals surface area contributed by atoms with E-state index in [1.54, 1.807) is 0 Å². The van der Waals surface area contributed by atoms with Crippen LogP contribution in [0.25, 0.3) is 11.2 Å². The monoisotopic (exact) mass is 363 g/mol. The number of ether oxygens (including phenoxy) is 1. The van der Waals surface area contributed by atoms with Crippen LogP contribution < -0.4 is 11.3 Å². The van der Waals surface area contributed by atoms with Gasteiger partial charge in [0.2, 0.25) is 5.95 Å². The van der Waals surface area contributed by atoms with Gasteiger partial charge in [-0.05, 0) is 0 Å². The first-order chi connectivity index (χ1) is 11.2. The molecule has 3 rings (SSSR count). The van der Waals surface area contributed by atoms with Crippen LogP contribution in [0.3, 0.4) is 0 Å². The van der Waals surface area contributed by atoms with E-state index in [4.69, 9.17) is 20.3 Å². The molecule has 1 aliphatic rings. The summed E-state index contributed by atoms with van der Waals surface area (Å²) in [6.45, 7) is -0.651. The number of nitrogens with zero attached hydrogens (tertiary/aromatic N) is 3. The molecule has 0 spiro atoms. The maximum Gasteiger partial charge on any atom is 0.469 e. The highest BCUT2D eigenvalue weighted by atomic mass is 31.2. The largest absolute Gasteiger partial charge is 0.469 e. The Morgan fingerprint density at radius 3 is 2.79 bits per heavy atom. The number of imidazole rings is 1. The standard InChI is InChI=1S/C10H14N5O8P/c11-10-13-7-4(8(18)14-10)12-2-15(7)9-6(17)5(16)3(23-9)1-22-24(19,20)21/h2-3,5-6,9,16-17H,1H2,(H2,19,20,21)(H3,11,13,14,18)/t3?,5-,6-,9?/m1/s1. The van der Waals surface area contributed by atoms with E-state index in [-0.39, 0.29) is 17.1 Å². The van der Waals surface area contributed by atoms with Crippen molar-refractivity contribution in [2.45, 2.75) is 24.5 Å². The van der Waals surface area contributed by atoms with Gasteiger partial charge in [0.05, 0.1) is 12.9 Å². The molecule has 0 aromatic carbocycles. The number of anilines is 1. The van der Waals surface area contributed by atoms with Gasteiger partial charge >= 0.3 is 7.82 Å². The highest BCUT2D eigenvalue weighted by molar-refractivity contribution is 7.46. The molecular formula is C10H14N5O8P. The Kier molecular flexibility index (Phi) is 4.17. The minimum absolute atomic E-state index is 0.0176. The molecule has 0 saturated carbocycles. The van der Waals surface area contributed by atoms with Gasteiger partial charge in [-0.3, -0.25) is 18.9 Å². The van der Waals surface area contributed by atoms with Gasteiger partial charge in [-0.1, -0.05) is 0 Å². The molecule has 24 heavy (non-hydrogen) atoms. The third kappa shape index (κ3) is 3.06. The van der Waals surface area contributed by atoms with Gasteiger partial charge in [-0.2, -0.15) is 4.98 Å².